The lowest BCUT2D eigenvalue weighted by atomic mass is 10.0. The average molecular weight is 743 g/mol. The van der Waals surface area contributed by atoms with Gasteiger partial charge in [-0.25, -0.2) is 9.36 Å². The maximum absolute atomic E-state index is 12.4. The number of esters is 2. The molecule has 0 fully saturated rings. The Morgan fingerprint density at radius 1 is 0.549 bits per heavy atom. The standard InChI is InChI=1S/C42H79O8P/c1-3-5-7-9-11-13-15-17-19-20-21-23-25-27-29-31-33-35-37-42(44)50-40(39-49-51(45,46)47)38-48-41(43)36-34-32-30-28-26-24-22-18-16-14-12-10-8-6-4-2/h30,32,34,36,40H,3-29,31,33,35,37-39H2,1-2H3,(H2,45,46,47)/b32-30+,36-34+/t40-/m1/s1. The zero-order chi connectivity index (χ0) is 37.5. The lowest BCUT2D eigenvalue weighted by molar-refractivity contribution is -0.159. The van der Waals surface area contributed by atoms with Crippen molar-refractivity contribution in [3.8, 4) is 0 Å². The van der Waals surface area contributed by atoms with Gasteiger partial charge in [0.2, 0.25) is 0 Å². The van der Waals surface area contributed by atoms with Gasteiger partial charge in [0, 0.05) is 12.5 Å². The number of carbonyl (C=O) groups is 2. The van der Waals surface area contributed by atoms with Crippen LogP contribution in [0.2, 0.25) is 0 Å². The van der Waals surface area contributed by atoms with Gasteiger partial charge in [-0.3, -0.25) is 9.32 Å². The molecule has 2 N–H and O–H groups in total. The molecule has 1 atom stereocenters. The van der Waals surface area contributed by atoms with E-state index in [9.17, 15) is 14.2 Å². The molecular formula is C42H79O8P. The molecule has 0 aliphatic heterocycles. The highest BCUT2D eigenvalue weighted by Crippen LogP contribution is 2.36. The van der Waals surface area contributed by atoms with Crippen LogP contribution in [0.15, 0.2) is 24.3 Å². The number of hydrogen-bond acceptors (Lipinski definition) is 6. The Labute approximate surface area is 313 Å². The minimum atomic E-state index is -4.77. The van der Waals surface area contributed by atoms with Crippen molar-refractivity contribution < 1.29 is 37.9 Å². The smallest absolute Gasteiger partial charge is 0.458 e. The summed E-state index contributed by atoms with van der Waals surface area (Å²) in [7, 11) is -4.77. The fourth-order valence-corrected chi connectivity index (χ4v) is 6.53. The Bertz CT molecular complexity index is 884. The van der Waals surface area contributed by atoms with E-state index in [1.54, 1.807) is 6.08 Å². The van der Waals surface area contributed by atoms with Gasteiger partial charge in [0.25, 0.3) is 0 Å². The molecule has 0 bridgehead atoms. The van der Waals surface area contributed by atoms with Gasteiger partial charge in [-0.05, 0) is 19.3 Å². The lowest BCUT2D eigenvalue weighted by Gasteiger charge is -2.18. The molecule has 0 aliphatic carbocycles. The maximum Gasteiger partial charge on any atom is 0.469 e. The molecule has 0 radical (unpaired) electrons. The Hall–Kier alpha value is -1.47. The summed E-state index contributed by atoms with van der Waals surface area (Å²) >= 11 is 0. The van der Waals surface area contributed by atoms with Crippen molar-refractivity contribution >= 4 is 19.8 Å². The third kappa shape index (κ3) is 41.2. The first-order valence-electron chi connectivity index (χ1n) is 21.2. The van der Waals surface area contributed by atoms with Crippen molar-refractivity contribution in [2.24, 2.45) is 0 Å². The van der Waals surface area contributed by atoms with Gasteiger partial charge in [-0.15, -0.1) is 0 Å². The first-order valence-corrected chi connectivity index (χ1v) is 22.7. The van der Waals surface area contributed by atoms with E-state index in [1.165, 1.54) is 160 Å². The van der Waals surface area contributed by atoms with Crippen molar-refractivity contribution in [3.63, 3.8) is 0 Å². The van der Waals surface area contributed by atoms with E-state index < -0.39 is 32.5 Å². The Morgan fingerprint density at radius 2 is 0.941 bits per heavy atom. The molecule has 0 aromatic heterocycles. The monoisotopic (exact) mass is 743 g/mol. The Morgan fingerprint density at radius 3 is 1.35 bits per heavy atom. The Kier molecular flexibility index (Phi) is 37.2. The molecule has 8 nitrogen and oxygen atoms in total. The molecule has 0 aromatic carbocycles. The predicted octanol–water partition coefficient (Wildman–Crippen LogP) is 12.8. The first kappa shape index (κ1) is 49.5. The van der Waals surface area contributed by atoms with Crippen LogP contribution >= 0.6 is 7.82 Å². The highest BCUT2D eigenvalue weighted by atomic mass is 31.2. The summed E-state index contributed by atoms with van der Waals surface area (Å²) in [5, 5.41) is 0. The van der Waals surface area contributed by atoms with E-state index in [4.69, 9.17) is 19.3 Å². The summed E-state index contributed by atoms with van der Waals surface area (Å²) in [4.78, 5) is 42.7. The number of phosphoric acid groups is 1. The van der Waals surface area contributed by atoms with Crippen LogP contribution in [0.1, 0.15) is 213 Å². The molecule has 0 amide bonds. The van der Waals surface area contributed by atoms with E-state index in [0.29, 0.717) is 6.42 Å². The third-order valence-electron chi connectivity index (χ3n) is 9.33. The molecule has 0 heterocycles. The van der Waals surface area contributed by atoms with Crippen molar-refractivity contribution in [1.82, 2.24) is 0 Å². The molecule has 300 valence electrons. The molecule has 0 unspecified atom stereocenters. The summed E-state index contributed by atoms with van der Waals surface area (Å²) in [5.41, 5.74) is 0. The number of phosphoric ester groups is 1. The lowest BCUT2D eigenvalue weighted by Crippen LogP contribution is -2.29. The summed E-state index contributed by atoms with van der Waals surface area (Å²) in [6, 6.07) is 0. The van der Waals surface area contributed by atoms with Gasteiger partial charge in [0.15, 0.2) is 6.10 Å². The van der Waals surface area contributed by atoms with Crippen LogP contribution in [-0.2, 0) is 28.2 Å². The third-order valence-corrected chi connectivity index (χ3v) is 9.81. The van der Waals surface area contributed by atoms with Gasteiger partial charge >= 0.3 is 19.8 Å². The van der Waals surface area contributed by atoms with Crippen LogP contribution in [0.3, 0.4) is 0 Å². The number of rotatable bonds is 39. The number of carbonyl (C=O) groups excluding carboxylic acids is 2. The number of allylic oxidation sites excluding steroid dienone is 3. The largest absolute Gasteiger partial charge is 0.469 e. The molecule has 9 heteroatoms. The first-order chi connectivity index (χ1) is 24.8. The maximum atomic E-state index is 12.4. The SMILES string of the molecule is CCCCCCCCCCCCC/C=C/C=C/C(=O)OC[C@H](COP(=O)(O)O)OC(=O)CCCCCCCCCCCCCCCCCCCC. The van der Waals surface area contributed by atoms with E-state index >= 15 is 0 Å². The van der Waals surface area contributed by atoms with Crippen molar-refractivity contribution in [2.45, 2.75) is 219 Å². The highest BCUT2D eigenvalue weighted by Gasteiger charge is 2.22. The minimum absolute atomic E-state index is 0.197. The molecule has 0 spiro atoms. The Balaban J connectivity index is 3.96. The van der Waals surface area contributed by atoms with Crippen molar-refractivity contribution in [1.29, 1.82) is 0 Å². The van der Waals surface area contributed by atoms with Crippen LogP contribution in [0.25, 0.3) is 0 Å². The summed E-state index contributed by atoms with van der Waals surface area (Å²) in [6.07, 6.45) is 43.9. The van der Waals surface area contributed by atoms with Crippen molar-refractivity contribution in [2.75, 3.05) is 13.2 Å². The van der Waals surface area contributed by atoms with E-state index in [1.807, 2.05) is 12.2 Å². The zero-order valence-electron chi connectivity index (χ0n) is 33.0. The van der Waals surface area contributed by atoms with Gasteiger partial charge < -0.3 is 19.3 Å². The average Bonchev–Trinajstić information content (AvgIpc) is 3.10. The van der Waals surface area contributed by atoms with E-state index in [-0.39, 0.29) is 13.0 Å². The van der Waals surface area contributed by atoms with Gasteiger partial charge in [-0.1, -0.05) is 205 Å². The topological polar surface area (TPSA) is 119 Å². The fourth-order valence-electron chi connectivity index (χ4n) is 6.17. The predicted molar refractivity (Wildman–Crippen MR) is 212 cm³/mol. The van der Waals surface area contributed by atoms with Crippen molar-refractivity contribution in [3.05, 3.63) is 24.3 Å². The molecule has 0 rings (SSSR count). The van der Waals surface area contributed by atoms with Crippen LogP contribution in [0.4, 0.5) is 0 Å². The zero-order valence-corrected chi connectivity index (χ0v) is 33.9. The summed E-state index contributed by atoms with van der Waals surface area (Å²) in [6.45, 7) is 3.60. The molecule has 0 aromatic rings. The summed E-state index contributed by atoms with van der Waals surface area (Å²) < 4.78 is 26.2. The van der Waals surface area contributed by atoms with Crippen LogP contribution in [-0.4, -0.2) is 41.0 Å². The van der Waals surface area contributed by atoms with Crippen LogP contribution in [0.5, 0.6) is 0 Å². The fraction of sp³-hybridized carbons (Fsp3) is 0.857. The number of ether oxygens (including phenoxy) is 2. The second-order valence-electron chi connectivity index (χ2n) is 14.4. The molecule has 0 saturated carbocycles. The molecule has 0 saturated heterocycles. The van der Waals surface area contributed by atoms with Gasteiger partial charge in [-0.2, -0.15) is 0 Å². The van der Waals surface area contributed by atoms with E-state index in [2.05, 4.69) is 18.4 Å². The second kappa shape index (κ2) is 38.3. The summed E-state index contributed by atoms with van der Waals surface area (Å²) in [5.74, 6) is -1.13. The minimum Gasteiger partial charge on any atom is -0.458 e. The van der Waals surface area contributed by atoms with Crippen LogP contribution < -0.4 is 0 Å². The van der Waals surface area contributed by atoms with Crippen LogP contribution in [0, 0.1) is 0 Å². The molecular weight excluding hydrogens is 663 g/mol. The molecule has 51 heavy (non-hydrogen) atoms. The normalized spacial score (nSPS) is 12.6. The van der Waals surface area contributed by atoms with Gasteiger partial charge in [0.05, 0.1) is 6.61 Å². The van der Waals surface area contributed by atoms with Gasteiger partial charge in [0.1, 0.15) is 6.61 Å². The number of hydrogen-bond donors (Lipinski definition) is 2. The number of unbranched alkanes of at least 4 members (excludes halogenated alkanes) is 28. The quantitative estimate of drug-likeness (QED) is 0.0210. The second-order valence-corrected chi connectivity index (χ2v) is 15.6. The van der Waals surface area contributed by atoms with E-state index in [0.717, 1.165) is 32.1 Å². The highest BCUT2D eigenvalue weighted by molar-refractivity contribution is 7.46. The molecule has 0 aliphatic rings.